The molecule has 0 bridgehead atoms. The van der Waals surface area contributed by atoms with E-state index in [-0.39, 0.29) is 0 Å². The van der Waals surface area contributed by atoms with Crippen LogP contribution in [0, 0.1) is 24.2 Å². The van der Waals surface area contributed by atoms with Gasteiger partial charge in [0, 0.05) is 5.56 Å². The minimum atomic E-state index is 0.306. The molecule has 0 aromatic heterocycles. The van der Waals surface area contributed by atoms with Crippen LogP contribution < -0.4 is 10.5 Å². The SMILES string of the molecule is Cc1cc(C#CCN)ccc1OCCC(C)(C)C. The first-order valence-electron chi connectivity index (χ1n) is 6.35. The van der Waals surface area contributed by atoms with E-state index in [4.69, 9.17) is 10.5 Å². The third-order valence-corrected chi connectivity index (χ3v) is 2.62. The predicted molar refractivity (Wildman–Crippen MR) is 76.7 cm³/mol. The second-order valence-electron chi connectivity index (χ2n) is 5.65. The van der Waals surface area contributed by atoms with Gasteiger partial charge in [0.2, 0.25) is 0 Å². The van der Waals surface area contributed by atoms with Gasteiger partial charge in [0.1, 0.15) is 5.75 Å². The van der Waals surface area contributed by atoms with Crippen LogP contribution in [0.3, 0.4) is 0 Å². The molecule has 1 aromatic carbocycles. The molecule has 0 atom stereocenters. The third-order valence-electron chi connectivity index (χ3n) is 2.62. The Kier molecular flexibility index (Phi) is 5.25. The van der Waals surface area contributed by atoms with Crippen LogP contribution in [0.5, 0.6) is 5.75 Å². The van der Waals surface area contributed by atoms with Crippen LogP contribution in [0.15, 0.2) is 18.2 Å². The highest BCUT2D eigenvalue weighted by Gasteiger charge is 2.10. The summed E-state index contributed by atoms with van der Waals surface area (Å²) in [6.45, 7) is 9.83. The maximum atomic E-state index is 5.80. The topological polar surface area (TPSA) is 35.2 Å². The number of nitrogens with two attached hydrogens (primary N) is 1. The molecule has 0 aliphatic rings. The Morgan fingerprint density at radius 2 is 2.00 bits per heavy atom. The monoisotopic (exact) mass is 245 g/mol. The maximum Gasteiger partial charge on any atom is 0.122 e. The maximum absolute atomic E-state index is 5.80. The zero-order chi connectivity index (χ0) is 13.6. The molecule has 1 rings (SSSR count). The van der Waals surface area contributed by atoms with Gasteiger partial charge in [-0.3, -0.25) is 0 Å². The van der Waals surface area contributed by atoms with Crippen molar-refractivity contribution in [2.75, 3.05) is 13.2 Å². The molecule has 18 heavy (non-hydrogen) atoms. The van der Waals surface area contributed by atoms with E-state index in [9.17, 15) is 0 Å². The van der Waals surface area contributed by atoms with Crippen LogP contribution in [0.2, 0.25) is 0 Å². The summed E-state index contributed by atoms with van der Waals surface area (Å²) in [5, 5.41) is 0. The molecule has 1 aromatic rings. The van der Waals surface area contributed by atoms with E-state index in [1.807, 2.05) is 25.1 Å². The Morgan fingerprint density at radius 3 is 2.56 bits per heavy atom. The van der Waals surface area contributed by atoms with Gasteiger partial charge in [0.15, 0.2) is 0 Å². The van der Waals surface area contributed by atoms with Crippen molar-refractivity contribution in [3.05, 3.63) is 29.3 Å². The van der Waals surface area contributed by atoms with Gasteiger partial charge in [-0.05, 0) is 42.5 Å². The Hall–Kier alpha value is -1.46. The van der Waals surface area contributed by atoms with Gasteiger partial charge in [-0.2, -0.15) is 0 Å². The van der Waals surface area contributed by atoms with Gasteiger partial charge in [-0.15, -0.1) is 0 Å². The van der Waals surface area contributed by atoms with Gasteiger partial charge in [-0.25, -0.2) is 0 Å². The van der Waals surface area contributed by atoms with E-state index in [1.165, 1.54) is 0 Å². The summed E-state index contributed by atoms with van der Waals surface area (Å²) in [4.78, 5) is 0. The molecule has 0 aliphatic carbocycles. The van der Waals surface area contributed by atoms with Crippen LogP contribution in [0.4, 0.5) is 0 Å². The predicted octanol–water partition coefficient (Wildman–Crippen LogP) is 3.12. The van der Waals surface area contributed by atoms with Crippen molar-refractivity contribution in [3.8, 4) is 17.6 Å². The van der Waals surface area contributed by atoms with E-state index < -0.39 is 0 Å². The molecule has 0 spiro atoms. The third kappa shape index (κ3) is 5.25. The van der Waals surface area contributed by atoms with E-state index >= 15 is 0 Å². The Balaban J connectivity index is 2.63. The molecule has 0 aliphatic heterocycles. The van der Waals surface area contributed by atoms with Crippen LogP contribution in [-0.4, -0.2) is 13.2 Å². The van der Waals surface area contributed by atoms with Gasteiger partial charge >= 0.3 is 0 Å². The van der Waals surface area contributed by atoms with Crippen LogP contribution in [-0.2, 0) is 0 Å². The van der Waals surface area contributed by atoms with Crippen LogP contribution >= 0.6 is 0 Å². The number of hydrogen-bond donors (Lipinski definition) is 1. The van der Waals surface area contributed by atoms with E-state index in [2.05, 4.69) is 32.6 Å². The minimum Gasteiger partial charge on any atom is -0.493 e. The molecule has 0 saturated carbocycles. The summed E-state index contributed by atoms with van der Waals surface area (Å²) in [7, 11) is 0. The lowest BCUT2D eigenvalue weighted by atomic mass is 9.93. The van der Waals surface area contributed by atoms with E-state index in [0.717, 1.165) is 29.9 Å². The summed E-state index contributed by atoms with van der Waals surface area (Å²) in [6.07, 6.45) is 1.04. The first-order valence-corrected chi connectivity index (χ1v) is 6.35. The molecular formula is C16H23NO. The number of rotatable bonds is 3. The molecule has 0 radical (unpaired) electrons. The van der Waals surface area contributed by atoms with Gasteiger partial charge in [-0.1, -0.05) is 32.6 Å². The average molecular weight is 245 g/mol. The summed E-state index contributed by atoms with van der Waals surface area (Å²) in [5.41, 5.74) is 7.76. The quantitative estimate of drug-likeness (QED) is 0.830. The molecule has 2 N–H and O–H groups in total. The highest BCUT2D eigenvalue weighted by molar-refractivity contribution is 5.43. The molecule has 0 saturated heterocycles. The molecular weight excluding hydrogens is 222 g/mol. The second kappa shape index (κ2) is 6.47. The average Bonchev–Trinajstić information content (AvgIpc) is 2.27. The highest BCUT2D eigenvalue weighted by Crippen LogP contribution is 2.22. The van der Waals surface area contributed by atoms with Gasteiger partial charge in [0.05, 0.1) is 13.2 Å². The van der Waals surface area contributed by atoms with Crippen molar-refractivity contribution in [1.29, 1.82) is 0 Å². The molecule has 0 amide bonds. The molecule has 98 valence electrons. The first-order chi connectivity index (χ1) is 8.42. The number of hydrogen-bond acceptors (Lipinski definition) is 2. The highest BCUT2D eigenvalue weighted by atomic mass is 16.5. The molecule has 0 heterocycles. The number of ether oxygens (including phenoxy) is 1. The van der Waals surface area contributed by atoms with E-state index in [0.29, 0.717) is 12.0 Å². The van der Waals surface area contributed by atoms with Crippen molar-refractivity contribution in [2.45, 2.75) is 34.1 Å². The molecule has 2 heteroatoms. The summed E-state index contributed by atoms with van der Waals surface area (Å²) in [6, 6.07) is 6.00. The van der Waals surface area contributed by atoms with Crippen molar-refractivity contribution in [3.63, 3.8) is 0 Å². The first kappa shape index (κ1) is 14.6. The Bertz CT molecular complexity index is 446. The zero-order valence-corrected chi connectivity index (χ0v) is 11.8. The van der Waals surface area contributed by atoms with E-state index in [1.54, 1.807) is 0 Å². The number of benzene rings is 1. The van der Waals surface area contributed by atoms with Crippen LogP contribution in [0.1, 0.15) is 38.3 Å². The summed E-state index contributed by atoms with van der Waals surface area (Å²) < 4.78 is 5.80. The van der Waals surface area contributed by atoms with Gasteiger partial charge < -0.3 is 10.5 Å². The fourth-order valence-electron chi connectivity index (χ4n) is 1.51. The lowest BCUT2D eigenvalue weighted by Gasteiger charge is -2.18. The fourth-order valence-corrected chi connectivity index (χ4v) is 1.51. The minimum absolute atomic E-state index is 0.306. The fraction of sp³-hybridized carbons (Fsp3) is 0.500. The van der Waals surface area contributed by atoms with Crippen molar-refractivity contribution >= 4 is 0 Å². The lowest BCUT2D eigenvalue weighted by molar-refractivity contribution is 0.242. The Labute approximate surface area is 111 Å². The standard InChI is InChI=1S/C16H23NO/c1-13-12-14(6-5-10-17)7-8-15(13)18-11-9-16(2,3)4/h7-8,12H,9-11,17H2,1-4H3. The summed E-state index contributed by atoms with van der Waals surface area (Å²) >= 11 is 0. The molecule has 2 nitrogen and oxygen atoms in total. The van der Waals surface area contributed by atoms with Gasteiger partial charge in [0.25, 0.3) is 0 Å². The smallest absolute Gasteiger partial charge is 0.122 e. The molecule has 0 unspecified atom stereocenters. The van der Waals surface area contributed by atoms with Crippen molar-refractivity contribution in [2.24, 2.45) is 11.1 Å². The van der Waals surface area contributed by atoms with Crippen molar-refractivity contribution in [1.82, 2.24) is 0 Å². The number of aryl methyl sites for hydroxylation is 1. The van der Waals surface area contributed by atoms with Crippen LogP contribution in [0.25, 0.3) is 0 Å². The normalized spacial score (nSPS) is 10.7. The second-order valence-corrected chi connectivity index (χ2v) is 5.65. The van der Waals surface area contributed by atoms with Crippen molar-refractivity contribution < 1.29 is 4.74 Å². The largest absolute Gasteiger partial charge is 0.493 e. The summed E-state index contributed by atoms with van der Waals surface area (Å²) in [5.74, 6) is 6.82. The Morgan fingerprint density at radius 1 is 1.28 bits per heavy atom. The molecule has 0 fully saturated rings. The zero-order valence-electron chi connectivity index (χ0n) is 11.8. The lowest BCUT2D eigenvalue weighted by Crippen LogP contribution is -2.11.